The van der Waals surface area contributed by atoms with Gasteiger partial charge in [0.2, 0.25) is 5.91 Å². The highest BCUT2D eigenvalue weighted by Gasteiger charge is 2.20. The second kappa shape index (κ2) is 10.1. The first-order valence-electron chi connectivity index (χ1n) is 11.8. The number of carbonyl (C=O) groups excluding carboxylic acids is 1. The SMILES string of the molecule is CCN1CCN(CC(=O)Nc2cc(-c3[nH]c4cc(Cl)cnc4c3-c3ccc(C)cn3)ccn2)CC1. The van der Waals surface area contributed by atoms with Crippen molar-refractivity contribution in [3.05, 3.63) is 59.5 Å². The van der Waals surface area contributed by atoms with Crippen molar-refractivity contribution in [3.8, 4) is 22.5 Å². The quantitative estimate of drug-likeness (QED) is 0.421. The maximum atomic E-state index is 12.7. The van der Waals surface area contributed by atoms with Crippen molar-refractivity contribution in [1.82, 2.24) is 29.7 Å². The van der Waals surface area contributed by atoms with Gasteiger partial charge < -0.3 is 15.2 Å². The lowest BCUT2D eigenvalue weighted by Crippen LogP contribution is -2.48. The van der Waals surface area contributed by atoms with Gasteiger partial charge in [-0.3, -0.25) is 19.7 Å². The summed E-state index contributed by atoms with van der Waals surface area (Å²) in [4.78, 5) is 34.3. The van der Waals surface area contributed by atoms with E-state index in [0.29, 0.717) is 17.4 Å². The topological polar surface area (TPSA) is 90.0 Å². The second-order valence-corrected chi connectivity index (χ2v) is 9.27. The lowest BCUT2D eigenvalue weighted by molar-refractivity contribution is -0.117. The summed E-state index contributed by atoms with van der Waals surface area (Å²) in [5, 5.41) is 3.51. The molecule has 0 bridgehead atoms. The van der Waals surface area contributed by atoms with E-state index < -0.39 is 0 Å². The number of aryl methyl sites for hydroxylation is 1. The number of H-pyrrole nitrogens is 1. The standard InChI is InChI=1S/C26H28ClN7O/c1-3-33-8-10-34(11-9-33)16-23(35)32-22-12-18(6-7-28-22)25-24(20-5-4-17(2)14-29-20)26-21(31-25)13-19(27)15-30-26/h4-7,12-15,31H,3,8-11,16H2,1-2H3,(H,28,32,35). The number of fused-ring (bicyclic) bond motifs is 1. The third-order valence-electron chi connectivity index (χ3n) is 6.36. The molecule has 0 aliphatic carbocycles. The largest absolute Gasteiger partial charge is 0.353 e. The molecule has 5 rings (SSSR count). The van der Waals surface area contributed by atoms with Gasteiger partial charge in [-0.25, -0.2) is 4.98 Å². The molecule has 1 amide bonds. The van der Waals surface area contributed by atoms with E-state index in [-0.39, 0.29) is 5.91 Å². The van der Waals surface area contributed by atoms with Crippen LogP contribution in [0.5, 0.6) is 0 Å². The molecule has 35 heavy (non-hydrogen) atoms. The van der Waals surface area contributed by atoms with Crippen molar-refractivity contribution in [1.29, 1.82) is 0 Å². The van der Waals surface area contributed by atoms with E-state index in [0.717, 1.165) is 71.8 Å². The van der Waals surface area contributed by atoms with Gasteiger partial charge in [-0.2, -0.15) is 0 Å². The average Bonchev–Trinajstić information content (AvgIpc) is 3.23. The predicted octanol–water partition coefficient (Wildman–Crippen LogP) is 4.22. The predicted molar refractivity (Wildman–Crippen MR) is 139 cm³/mol. The Kier molecular flexibility index (Phi) is 6.77. The molecule has 4 aromatic rings. The van der Waals surface area contributed by atoms with Gasteiger partial charge in [-0.15, -0.1) is 0 Å². The van der Waals surface area contributed by atoms with Gasteiger partial charge in [0.05, 0.1) is 39.6 Å². The first kappa shape index (κ1) is 23.4. The number of pyridine rings is 3. The number of hydrogen-bond acceptors (Lipinski definition) is 6. The number of nitrogens with one attached hydrogen (secondary N) is 2. The number of carbonyl (C=O) groups is 1. The van der Waals surface area contributed by atoms with Gasteiger partial charge in [0, 0.05) is 50.3 Å². The zero-order valence-electron chi connectivity index (χ0n) is 19.9. The summed E-state index contributed by atoms with van der Waals surface area (Å²) in [6, 6.07) is 9.65. The molecule has 2 N–H and O–H groups in total. The molecule has 180 valence electrons. The molecule has 0 radical (unpaired) electrons. The number of halogens is 1. The molecule has 1 fully saturated rings. The van der Waals surface area contributed by atoms with E-state index in [2.05, 4.69) is 42.0 Å². The normalized spacial score (nSPS) is 14.9. The zero-order chi connectivity index (χ0) is 24.4. The molecule has 0 spiro atoms. The summed E-state index contributed by atoms with van der Waals surface area (Å²) in [6.45, 7) is 9.35. The first-order valence-corrected chi connectivity index (χ1v) is 12.2. The van der Waals surface area contributed by atoms with Gasteiger partial charge >= 0.3 is 0 Å². The van der Waals surface area contributed by atoms with Crippen molar-refractivity contribution in [2.45, 2.75) is 13.8 Å². The van der Waals surface area contributed by atoms with E-state index in [9.17, 15) is 4.79 Å². The van der Waals surface area contributed by atoms with Crippen molar-refractivity contribution >= 4 is 34.4 Å². The lowest BCUT2D eigenvalue weighted by Gasteiger charge is -2.33. The van der Waals surface area contributed by atoms with Crippen LogP contribution in [0.25, 0.3) is 33.5 Å². The van der Waals surface area contributed by atoms with Gasteiger partial charge in [0.15, 0.2) is 0 Å². The molecule has 0 saturated carbocycles. The summed E-state index contributed by atoms with van der Waals surface area (Å²) < 4.78 is 0. The fourth-order valence-corrected chi connectivity index (χ4v) is 4.59. The lowest BCUT2D eigenvalue weighted by atomic mass is 10.0. The van der Waals surface area contributed by atoms with Crippen LogP contribution in [-0.4, -0.2) is 74.9 Å². The van der Waals surface area contributed by atoms with Gasteiger partial charge in [-0.1, -0.05) is 24.6 Å². The molecule has 0 aromatic carbocycles. The Morgan fingerprint density at radius 1 is 1.06 bits per heavy atom. The molecule has 5 heterocycles. The molecular weight excluding hydrogens is 462 g/mol. The Balaban J connectivity index is 1.42. The van der Waals surface area contributed by atoms with Crippen LogP contribution >= 0.6 is 11.6 Å². The number of amides is 1. The maximum absolute atomic E-state index is 12.7. The molecule has 4 aromatic heterocycles. The summed E-state index contributed by atoms with van der Waals surface area (Å²) in [7, 11) is 0. The molecule has 0 unspecified atom stereocenters. The van der Waals surface area contributed by atoms with Crippen LogP contribution in [0.2, 0.25) is 5.02 Å². The number of aromatic nitrogens is 4. The van der Waals surface area contributed by atoms with Crippen LogP contribution in [-0.2, 0) is 4.79 Å². The minimum atomic E-state index is -0.0647. The molecule has 8 nitrogen and oxygen atoms in total. The highest BCUT2D eigenvalue weighted by molar-refractivity contribution is 6.31. The summed E-state index contributed by atoms with van der Waals surface area (Å²) in [5.41, 5.74) is 6.09. The van der Waals surface area contributed by atoms with Crippen LogP contribution in [0.1, 0.15) is 12.5 Å². The number of piperazine rings is 1. The van der Waals surface area contributed by atoms with Crippen molar-refractivity contribution in [3.63, 3.8) is 0 Å². The van der Waals surface area contributed by atoms with E-state index in [1.54, 1.807) is 12.4 Å². The van der Waals surface area contributed by atoms with E-state index in [1.807, 2.05) is 43.5 Å². The molecule has 9 heteroatoms. The number of nitrogens with zero attached hydrogens (tertiary/aromatic N) is 5. The number of anilines is 1. The molecule has 1 aliphatic rings. The summed E-state index contributed by atoms with van der Waals surface area (Å²) in [5.74, 6) is 0.442. The second-order valence-electron chi connectivity index (χ2n) is 8.83. The van der Waals surface area contributed by atoms with Gasteiger partial charge in [0.1, 0.15) is 5.82 Å². The van der Waals surface area contributed by atoms with E-state index in [4.69, 9.17) is 11.6 Å². The van der Waals surface area contributed by atoms with Crippen molar-refractivity contribution in [2.75, 3.05) is 44.6 Å². The Morgan fingerprint density at radius 2 is 1.86 bits per heavy atom. The van der Waals surface area contributed by atoms with Crippen molar-refractivity contribution in [2.24, 2.45) is 0 Å². The molecule has 1 aliphatic heterocycles. The molecule has 1 saturated heterocycles. The number of hydrogen-bond donors (Lipinski definition) is 2. The Morgan fingerprint density at radius 3 is 2.60 bits per heavy atom. The Hall–Kier alpha value is -3.33. The Labute approximate surface area is 209 Å². The first-order chi connectivity index (χ1) is 17.0. The third kappa shape index (κ3) is 5.19. The molecular formula is C26H28ClN7O. The van der Waals surface area contributed by atoms with Gasteiger partial charge in [0.25, 0.3) is 0 Å². The minimum Gasteiger partial charge on any atom is -0.353 e. The zero-order valence-corrected chi connectivity index (χ0v) is 20.6. The van der Waals surface area contributed by atoms with E-state index in [1.165, 1.54) is 0 Å². The minimum absolute atomic E-state index is 0.0647. The summed E-state index contributed by atoms with van der Waals surface area (Å²) in [6.07, 6.45) is 5.17. The third-order valence-corrected chi connectivity index (χ3v) is 6.57. The average molecular weight is 490 g/mol. The highest BCUT2D eigenvalue weighted by Crippen LogP contribution is 2.37. The van der Waals surface area contributed by atoms with Crippen LogP contribution in [0, 0.1) is 6.92 Å². The fourth-order valence-electron chi connectivity index (χ4n) is 4.43. The van der Waals surface area contributed by atoms with E-state index >= 15 is 0 Å². The van der Waals surface area contributed by atoms with Gasteiger partial charge in [-0.05, 0) is 43.3 Å². The number of aromatic amines is 1. The Bertz CT molecular complexity index is 1340. The van der Waals surface area contributed by atoms with Crippen LogP contribution in [0.4, 0.5) is 5.82 Å². The number of likely N-dealkylation sites (N-methyl/N-ethyl adjacent to an activating group) is 1. The monoisotopic (exact) mass is 489 g/mol. The number of rotatable bonds is 6. The van der Waals surface area contributed by atoms with Crippen LogP contribution in [0.15, 0.2) is 48.9 Å². The van der Waals surface area contributed by atoms with Crippen LogP contribution < -0.4 is 5.32 Å². The molecule has 0 atom stereocenters. The van der Waals surface area contributed by atoms with Crippen molar-refractivity contribution < 1.29 is 4.79 Å². The fraction of sp³-hybridized carbons (Fsp3) is 0.308. The maximum Gasteiger partial charge on any atom is 0.239 e. The highest BCUT2D eigenvalue weighted by atomic mass is 35.5. The van der Waals surface area contributed by atoms with Crippen LogP contribution in [0.3, 0.4) is 0 Å². The smallest absolute Gasteiger partial charge is 0.239 e. The summed E-state index contributed by atoms with van der Waals surface area (Å²) >= 11 is 6.21.